The smallest absolute Gasteiger partial charge is 0.132 e. The number of anilines is 1. The second-order valence-electron chi connectivity index (χ2n) is 10.5. The van der Waals surface area contributed by atoms with Crippen molar-refractivity contribution in [3.8, 4) is 5.75 Å². The van der Waals surface area contributed by atoms with Crippen LogP contribution in [-0.4, -0.2) is 18.3 Å². The first-order valence-electron chi connectivity index (χ1n) is 13.4. The first-order chi connectivity index (χ1) is 18.4. The van der Waals surface area contributed by atoms with Gasteiger partial charge in [0, 0.05) is 24.4 Å². The maximum atomic E-state index is 13.6. The second kappa shape index (κ2) is 11.5. The van der Waals surface area contributed by atoms with Gasteiger partial charge in [0.15, 0.2) is 0 Å². The molecule has 0 radical (unpaired) electrons. The van der Waals surface area contributed by atoms with E-state index in [4.69, 9.17) is 14.2 Å². The number of halogens is 1. The summed E-state index contributed by atoms with van der Waals surface area (Å²) in [5.41, 5.74) is 3.30. The SMILES string of the molecule is CCCCOC1c2cc(NCc3cccc(F)c3)ccc2OC(C)(C)C1OCc1ccc2ccccc2c1. The molecule has 1 heterocycles. The van der Waals surface area contributed by atoms with Crippen LogP contribution in [0.1, 0.15) is 56.4 Å². The van der Waals surface area contributed by atoms with E-state index in [1.807, 2.05) is 18.2 Å². The predicted octanol–water partition coefficient (Wildman–Crippen LogP) is 8.21. The van der Waals surface area contributed by atoms with Crippen LogP contribution in [0.2, 0.25) is 0 Å². The molecule has 2 unspecified atom stereocenters. The molecule has 4 aromatic carbocycles. The summed E-state index contributed by atoms with van der Waals surface area (Å²) in [4.78, 5) is 0. The molecule has 5 heteroatoms. The van der Waals surface area contributed by atoms with Gasteiger partial charge in [-0.3, -0.25) is 0 Å². The Bertz CT molecular complexity index is 1390. The fourth-order valence-electron chi connectivity index (χ4n) is 5.03. The quantitative estimate of drug-likeness (QED) is 0.217. The van der Waals surface area contributed by atoms with Crippen LogP contribution in [0.3, 0.4) is 0 Å². The van der Waals surface area contributed by atoms with Crippen molar-refractivity contribution in [2.24, 2.45) is 0 Å². The monoisotopic (exact) mass is 513 g/mol. The molecule has 38 heavy (non-hydrogen) atoms. The number of hydrogen-bond acceptors (Lipinski definition) is 4. The molecule has 0 spiro atoms. The summed E-state index contributed by atoms with van der Waals surface area (Å²) in [6.07, 6.45) is 1.44. The van der Waals surface area contributed by atoms with Crippen LogP contribution in [0.15, 0.2) is 84.9 Å². The lowest BCUT2D eigenvalue weighted by Crippen LogP contribution is -2.51. The first kappa shape index (κ1) is 26.2. The standard InChI is InChI=1S/C33H36FNO3/c1-4-5-17-36-31-29-20-28(35-21-23-9-8-12-27(34)19-23)15-16-30(29)38-33(2,3)32(31)37-22-24-13-14-25-10-6-7-11-26(25)18-24/h6-16,18-20,31-32,35H,4-5,17,21-22H2,1-3H3. The summed E-state index contributed by atoms with van der Waals surface area (Å²) in [7, 11) is 0. The number of nitrogens with one attached hydrogen (secondary N) is 1. The molecule has 0 saturated carbocycles. The topological polar surface area (TPSA) is 39.7 Å². The van der Waals surface area contributed by atoms with Gasteiger partial charge in [-0.15, -0.1) is 0 Å². The fourth-order valence-corrected chi connectivity index (χ4v) is 5.03. The molecule has 1 aliphatic heterocycles. The van der Waals surface area contributed by atoms with Crippen molar-refractivity contribution in [1.29, 1.82) is 0 Å². The van der Waals surface area contributed by atoms with E-state index >= 15 is 0 Å². The molecule has 5 rings (SSSR count). The van der Waals surface area contributed by atoms with Gasteiger partial charge in [0.2, 0.25) is 0 Å². The van der Waals surface area contributed by atoms with Crippen LogP contribution >= 0.6 is 0 Å². The Labute approximate surface area is 224 Å². The number of benzene rings is 4. The van der Waals surface area contributed by atoms with E-state index in [0.717, 1.165) is 41.0 Å². The molecule has 4 nitrogen and oxygen atoms in total. The summed E-state index contributed by atoms with van der Waals surface area (Å²) >= 11 is 0. The zero-order valence-electron chi connectivity index (χ0n) is 22.4. The lowest BCUT2D eigenvalue weighted by atomic mass is 9.87. The highest BCUT2D eigenvalue weighted by molar-refractivity contribution is 5.82. The van der Waals surface area contributed by atoms with E-state index in [1.165, 1.54) is 16.8 Å². The Morgan fingerprint density at radius 1 is 0.868 bits per heavy atom. The number of unbranched alkanes of at least 4 members (excludes halogenated alkanes) is 1. The van der Waals surface area contributed by atoms with E-state index in [2.05, 4.69) is 74.6 Å². The largest absolute Gasteiger partial charge is 0.485 e. The van der Waals surface area contributed by atoms with Crippen molar-refractivity contribution < 1.29 is 18.6 Å². The van der Waals surface area contributed by atoms with E-state index in [0.29, 0.717) is 19.8 Å². The molecule has 0 saturated heterocycles. The van der Waals surface area contributed by atoms with Crippen molar-refractivity contribution in [2.45, 2.75) is 64.6 Å². The van der Waals surface area contributed by atoms with Crippen LogP contribution in [0.25, 0.3) is 10.8 Å². The minimum Gasteiger partial charge on any atom is -0.485 e. The third-order valence-corrected chi connectivity index (χ3v) is 7.07. The molecular formula is C33H36FNO3. The van der Waals surface area contributed by atoms with Crippen molar-refractivity contribution in [1.82, 2.24) is 0 Å². The average molecular weight is 514 g/mol. The first-order valence-corrected chi connectivity index (χ1v) is 13.4. The number of ether oxygens (including phenoxy) is 3. The van der Waals surface area contributed by atoms with Crippen LogP contribution in [0, 0.1) is 5.82 Å². The van der Waals surface area contributed by atoms with Gasteiger partial charge < -0.3 is 19.5 Å². The maximum absolute atomic E-state index is 13.6. The summed E-state index contributed by atoms with van der Waals surface area (Å²) in [5.74, 6) is 0.569. The Kier molecular flexibility index (Phi) is 7.96. The zero-order valence-corrected chi connectivity index (χ0v) is 22.4. The summed E-state index contributed by atoms with van der Waals surface area (Å²) < 4.78 is 33.2. The van der Waals surface area contributed by atoms with Crippen molar-refractivity contribution >= 4 is 16.5 Å². The van der Waals surface area contributed by atoms with Gasteiger partial charge in [0.05, 0.1) is 6.61 Å². The van der Waals surface area contributed by atoms with Crippen molar-refractivity contribution in [3.63, 3.8) is 0 Å². The van der Waals surface area contributed by atoms with E-state index in [1.54, 1.807) is 12.1 Å². The predicted molar refractivity (Wildman–Crippen MR) is 151 cm³/mol. The fraction of sp³-hybridized carbons (Fsp3) is 0.333. The lowest BCUT2D eigenvalue weighted by molar-refractivity contribution is -0.167. The van der Waals surface area contributed by atoms with Crippen LogP contribution < -0.4 is 10.1 Å². The molecule has 2 atom stereocenters. The summed E-state index contributed by atoms with van der Waals surface area (Å²) in [6, 6.07) is 27.5. The zero-order chi connectivity index (χ0) is 26.5. The number of rotatable bonds is 10. The van der Waals surface area contributed by atoms with E-state index in [-0.39, 0.29) is 18.0 Å². The average Bonchev–Trinajstić information content (AvgIpc) is 2.91. The Hall–Kier alpha value is -3.41. The molecule has 0 aromatic heterocycles. The van der Waals surface area contributed by atoms with Crippen LogP contribution in [0.5, 0.6) is 5.75 Å². The van der Waals surface area contributed by atoms with Gasteiger partial charge in [-0.05, 0) is 78.6 Å². The normalized spacial score (nSPS) is 18.1. The third-order valence-electron chi connectivity index (χ3n) is 7.07. The number of hydrogen-bond donors (Lipinski definition) is 1. The van der Waals surface area contributed by atoms with E-state index in [9.17, 15) is 4.39 Å². The molecule has 0 aliphatic carbocycles. The third kappa shape index (κ3) is 6.01. The molecule has 1 N–H and O–H groups in total. The van der Waals surface area contributed by atoms with Crippen molar-refractivity contribution in [3.05, 3.63) is 107 Å². The van der Waals surface area contributed by atoms with Gasteiger partial charge >= 0.3 is 0 Å². The minimum absolute atomic E-state index is 0.235. The summed E-state index contributed by atoms with van der Waals surface area (Å²) in [6.45, 7) is 7.91. The van der Waals surface area contributed by atoms with Crippen molar-refractivity contribution in [2.75, 3.05) is 11.9 Å². The van der Waals surface area contributed by atoms with E-state index < -0.39 is 5.60 Å². The Morgan fingerprint density at radius 3 is 2.53 bits per heavy atom. The van der Waals surface area contributed by atoms with Crippen LogP contribution in [-0.2, 0) is 22.6 Å². The molecular weight excluding hydrogens is 477 g/mol. The van der Waals surface area contributed by atoms with Gasteiger partial charge in [0.1, 0.15) is 29.4 Å². The highest BCUT2D eigenvalue weighted by atomic mass is 19.1. The van der Waals surface area contributed by atoms with Gasteiger partial charge in [-0.25, -0.2) is 4.39 Å². The second-order valence-corrected chi connectivity index (χ2v) is 10.5. The van der Waals surface area contributed by atoms with Gasteiger partial charge in [0.25, 0.3) is 0 Å². The Morgan fingerprint density at radius 2 is 1.71 bits per heavy atom. The highest BCUT2D eigenvalue weighted by Gasteiger charge is 2.45. The number of fused-ring (bicyclic) bond motifs is 2. The van der Waals surface area contributed by atoms with Gasteiger partial charge in [-0.2, -0.15) is 0 Å². The molecule has 4 aromatic rings. The molecule has 1 aliphatic rings. The molecule has 198 valence electrons. The summed E-state index contributed by atoms with van der Waals surface area (Å²) in [5, 5.41) is 5.83. The maximum Gasteiger partial charge on any atom is 0.132 e. The minimum atomic E-state index is -0.586. The Balaban J connectivity index is 1.39. The van der Waals surface area contributed by atoms with Crippen LogP contribution in [0.4, 0.5) is 10.1 Å². The molecule has 0 bridgehead atoms. The molecule has 0 amide bonds. The highest BCUT2D eigenvalue weighted by Crippen LogP contribution is 2.44. The van der Waals surface area contributed by atoms with Gasteiger partial charge in [-0.1, -0.05) is 61.9 Å². The lowest BCUT2D eigenvalue weighted by Gasteiger charge is -2.44. The molecule has 0 fully saturated rings.